The first-order valence-corrected chi connectivity index (χ1v) is 7.02. The number of thiophene rings is 1. The van der Waals surface area contributed by atoms with Crippen LogP contribution in [-0.2, 0) is 16.1 Å². The van der Waals surface area contributed by atoms with Gasteiger partial charge in [-0.25, -0.2) is 0 Å². The van der Waals surface area contributed by atoms with Crippen LogP contribution in [0.5, 0.6) is 0 Å². The van der Waals surface area contributed by atoms with Gasteiger partial charge < -0.3 is 5.32 Å². The minimum absolute atomic E-state index is 0.0923. The number of likely N-dealkylation sites (tertiary alicyclic amines) is 1. The molecule has 1 N–H and O–H groups in total. The van der Waals surface area contributed by atoms with E-state index in [0.29, 0.717) is 19.4 Å². The predicted molar refractivity (Wildman–Crippen MR) is 69.7 cm³/mol. The molecule has 2 heterocycles. The zero-order chi connectivity index (χ0) is 12.4. The van der Waals surface area contributed by atoms with Gasteiger partial charge in [-0.15, -0.1) is 11.3 Å². The Balaban J connectivity index is 1.94. The molecule has 1 atom stereocenters. The first kappa shape index (κ1) is 12.7. The van der Waals surface area contributed by atoms with E-state index in [9.17, 15) is 9.59 Å². The summed E-state index contributed by atoms with van der Waals surface area (Å²) in [6.07, 6.45) is 1.02. The summed E-state index contributed by atoms with van der Waals surface area (Å²) in [6.45, 7) is 0.649. The molecule has 0 spiro atoms. The third kappa shape index (κ3) is 2.75. The third-order valence-electron chi connectivity index (χ3n) is 2.85. The smallest absolute Gasteiger partial charge is 0.246 e. The molecule has 1 aliphatic rings. The number of nitrogens with one attached hydrogen (secondary N) is 1. The number of amides is 2. The summed E-state index contributed by atoms with van der Waals surface area (Å²) in [7, 11) is 1.54. The Morgan fingerprint density at radius 2 is 2.35 bits per heavy atom. The SMILES string of the molecule is CN1C(=O)CCC(NCc2sccc2Br)C1=O. The van der Waals surface area contributed by atoms with Gasteiger partial charge in [-0.1, -0.05) is 0 Å². The highest BCUT2D eigenvalue weighted by Gasteiger charge is 2.31. The molecule has 2 amide bonds. The van der Waals surface area contributed by atoms with E-state index in [2.05, 4.69) is 21.2 Å². The van der Waals surface area contributed by atoms with Crippen LogP contribution in [0.15, 0.2) is 15.9 Å². The van der Waals surface area contributed by atoms with Crippen molar-refractivity contribution in [1.29, 1.82) is 0 Å². The van der Waals surface area contributed by atoms with Crippen molar-refractivity contribution in [2.75, 3.05) is 7.05 Å². The average molecular weight is 317 g/mol. The van der Waals surface area contributed by atoms with Gasteiger partial charge in [0.05, 0.1) is 6.04 Å². The number of likely N-dealkylation sites (N-methyl/N-ethyl adjacent to an activating group) is 1. The molecule has 0 saturated carbocycles. The van der Waals surface area contributed by atoms with E-state index in [1.807, 2.05) is 11.4 Å². The second kappa shape index (κ2) is 5.29. The van der Waals surface area contributed by atoms with Crippen molar-refractivity contribution in [3.8, 4) is 0 Å². The normalized spacial score (nSPS) is 21.1. The van der Waals surface area contributed by atoms with Gasteiger partial charge in [0, 0.05) is 29.4 Å². The number of hydrogen-bond acceptors (Lipinski definition) is 4. The standard InChI is InChI=1S/C11H13BrN2O2S/c1-14-10(15)3-2-8(11(14)16)13-6-9-7(12)4-5-17-9/h4-5,8,13H,2-3,6H2,1H3. The molecule has 1 aromatic heterocycles. The first-order valence-electron chi connectivity index (χ1n) is 5.35. The first-order chi connectivity index (χ1) is 8.09. The van der Waals surface area contributed by atoms with Crippen LogP contribution in [0.25, 0.3) is 0 Å². The minimum atomic E-state index is -0.244. The van der Waals surface area contributed by atoms with Crippen LogP contribution < -0.4 is 5.32 Å². The van der Waals surface area contributed by atoms with E-state index in [1.165, 1.54) is 4.90 Å². The van der Waals surface area contributed by atoms with E-state index in [-0.39, 0.29) is 17.9 Å². The van der Waals surface area contributed by atoms with Crippen molar-refractivity contribution < 1.29 is 9.59 Å². The molecule has 0 bridgehead atoms. The second-order valence-electron chi connectivity index (χ2n) is 3.95. The molecule has 1 aromatic rings. The number of hydrogen-bond donors (Lipinski definition) is 1. The summed E-state index contributed by atoms with van der Waals surface area (Å²) >= 11 is 5.09. The Morgan fingerprint density at radius 1 is 1.59 bits per heavy atom. The maximum atomic E-state index is 11.8. The number of carbonyl (C=O) groups is 2. The summed E-state index contributed by atoms with van der Waals surface area (Å²) in [5.41, 5.74) is 0. The topological polar surface area (TPSA) is 49.4 Å². The van der Waals surface area contributed by atoms with E-state index in [0.717, 1.165) is 9.35 Å². The summed E-state index contributed by atoms with van der Waals surface area (Å²) in [6, 6.07) is 1.74. The van der Waals surface area contributed by atoms with Gasteiger partial charge >= 0.3 is 0 Å². The fourth-order valence-corrected chi connectivity index (χ4v) is 3.22. The highest BCUT2D eigenvalue weighted by atomic mass is 79.9. The van der Waals surface area contributed by atoms with Gasteiger partial charge in [-0.2, -0.15) is 0 Å². The quantitative estimate of drug-likeness (QED) is 0.864. The van der Waals surface area contributed by atoms with E-state index >= 15 is 0 Å². The van der Waals surface area contributed by atoms with Crippen molar-refractivity contribution in [2.45, 2.75) is 25.4 Å². The Bertz CT molecular complexity index is 446. The van der Waals surface area contributed by atoms with Gasteiger partial charge in [-0.05, 0) is 33.8 Å². The molecule has 1 saturated heterocycles. The Labute approximate surface area is 112 Å². The van der Waals surface area contributed by atoms with Crippen LogP contribution in [0, 0.1) is 0 Å². The second-order valence-corrected chi connectivity index (χ2v) is 5.81. The molecule has 4 nitrogen and oxygen atoms in total. The van der Waals surface area contributed by atoms with Crippen LogP contribution in [0.1, 0.15) is 17.7 Å². The third-order valence-corrected chi connectivity index (χ3v) is 4.78. The van der Waals surface area contributed by atoms with Crippen LogP contribution >= 0.6 is 27.3 Å². The fourth-order valence-electron chi connectivity index (χ4n) is 1.77. The van der Waals surface area contributed by atoms with Gasteiger partial charge in [0.25, 0.3) is 0 Å². The molecule has 0 aliphatic carbocycles. The summed E-state index contributed by atoms with van der Waals surface area (Å²) in [5.74, 6) is -0.223. The van der Waals surface area contributed by atoms with E-state index in [1.54, 1.807) is 18.4 Å². The highest BCUT2D eigenvalue weighted by Crippen LogP contribution is 2.23. The molecule has 0 radical (unpaired) electrons. The number of carbonyl (C=O) groups excluding carboxylic acids is 2. The molecule has 6 heteroatoms. The highest BCUT2D eigenvalue weighted by molar-refractivity contribution is 9.10. The molecule has 1 fully saturated rings. The Kier molecular flexibility index (Phi) is 3.96. The van der Waals surface area contributed by atoms with Gasteiger partial charge in [0.15, 0.2) is 0 Å². The number of rotatable bonds is 3. The maximum Gasteiger partial charge on any atom is 0.246 e. The number of halogens is 1. The molecular formula is C11H13BrN2O2S. The molecule has 17 heavy (non-hydrogen) atoms. The molecule has 92 valence electrons. The van der Waals surface area contributed by atoms with Crippen molar-refractivity contribution in [2.24, 2.45) is 0 Å². The van der Waals surface area contributed by atoms with E-state index < -0.39 is 0 Å². The van der Waals surface area contributed by atoms with Gasteiger partial charge in [0.1, 0.15) is 0 Å². The van der Waals surface area contributed by atoms with Crippen molar-refractivity contribution >= 4 is 39.1 Å². The molecule has 0 aromatic carbocycles. The Morgan fingerprint density at radius 3 is 3.00 bits per heavy atom. The lowest BCUT2D eigenvalue weighted by Crippen LogP contribution is -2.51. The Hall–Kier alpha value is -0.720. The van der Waals surface area contributed by atoms with Crippen molar-refractivity contribution in [1.82, 2.24) is 10.2 Å². The molecular weight excluding hydrogens is 304 g/mol. The lowest BCUT2D eigenvalue weighted by molar-refractivity contribution is -0.148. The maximum absolute atomic E-state index is 11.8. The fraction of sp³-hybridized carbons (Fsp3) is 0.455. The number of piperidine rings is 1. The van der Waals surface area contributed by atoms with Crippen LogP contribution in [0.2, 0.25) is 0 Å². The largest absolute Gasteiger partial charge is 0.301 e. The molecule has 1 aliphatic heterocycles. The van der Waals surface area contributed by atoms with Gasteiger partial charge in [-0.3, -0.25) is 14.5 Å². The summed E-state index contributed by atoms with van der Waals surface area (Å²) < 4.78 is 1.06. The summed E-state index contributed by atoms with van der Waals surface area (Å²) in [4.78, 5) is 25.5. The molecule has 2 rings (SSSR count). The minimum Gasteiger partial charge on any atom is -0.301 e. The predicted octanol–water partition coefficient (Wildman–Crippen LogP) is 1.75. The molecule has 1 unspecified atom stereocenters. The van der Waals surface area contributed by atoms with E-state index in [4.69, 9.17) is 0 Å². The summed E-state index contributed by atoms with van der Waals surface area (Å²) in [5, 5.41) is 5.20. The van der Waals surface area contributed by atoms with Crippen LogP contribution in [0.4, 0.5) is 0 Å². The zero-order valence-corrected chi connectivity index (χ0v) is 11.8. The number of imide groups is 1. The van der Waals surface area contributed by atoms with Crippen molar-refractivity contribution in [3.63, 3.8) is 0 Å². The zero-order valence-electron chi connectivity index (χ0n) is 9.40. The number of nitrogens with zero attached hydrogens (tertiary/aromatic N) is 1. The lowest BCUT2D eigenvalue weighted by Gasteiger charge is -2.28. The van der Waals surface area contributed by atoms with Crippen LogP contribution in [-0.4, -0.2) is 29.8 Å². The van der Waals surface area contributed by atoms with Crippen molar-refractivity contribution in [3.05, 3.63) is 20.8 Å². The average Bonchev–Trinajstić information content (AvgIpc) is 2.71. The van der Waals surface area contributed by atoms with Gasteiger partial charge in [0.2, 0.25) is 11.8 Å². The monoisotopic (exact) mass is 316 g/mol. The van der Waals surface area contributed by atoms with Crippen LogP contribution in [0.3, 0.4) is 0 Å². The lowest BCUT2D eigenvalue weighted by atomic mass is 10.0.